The summed E-state index contributed by atoms with van der Waals surface area (Å²) in [7, 11) is 0. The van der Waals surface area contributed by atoms with Gasteiger partial charge in [0.1, 0.15) is 0 Å². The molecular formula is C21H25BrN2O2. The van der Waals surface area contributed by atoms with Gasteiger partial charge in [0.25, 0.3) is 5.91 Å². The summed E-state index contributed by atoms with van der Waals surface area (Å²) in [5.74, 6) is -0.0461. The lowest BCUT2D eigenvalue weighted by molar-refractivity contribution is -0.109. The molecule has 0 saturated carbocycles. The highest BCUT2D eigenvalue weighted by Crippen LogP contribution is 2.20. The Hall–Kier alpha value is -2.14. The first kappa shape index (κ1) is 20.2. The van der Waals surface area contributed by atoms with Crippen LogP contribution in [0.15, 0.2) is 40.9 Å². The van der Waals surface area contributed by atoms with Crippen LogP contribution in [0.5, 0.6) is 0 Å². The van der Waals surface area contributed by atoms with Crippen molar-refractivity contribution in [3.63, 3.8) is 0 Å². The van der Waals surface area contributed by atoms with E-state index in [1.807, 2.05) is 31.2 Å². The average Bonchev–Trinajstić information content (AvgIpc) is 2.62. The monoisotopic (exact) mass is 416 g/mol. The number of halogens is 1. The van der Waals surface area contributed by atoms with E-state index in [2.05, 4.69) is 45.6 Å². The standard InChI is InChI=1S/C21H25BrN2O2/c1-15-7-10-19(22)13-18(15)9-8-17-6-3-5-16(2)20(17)21(26)24-12-4-11-23-14-25/h3,5-7,10,13-14H,4,8-9,11-12H2,1-2H3,(H,23,25)(H,24,26). The molecule has 26 heavy (non-hydrogen) atoms. The van der Waals surface area contributed by atoms with E-state index >= 15 is 0 Å². The van der Waals surface area contributed by atoms with Gasteiger partial charge in [0.05, 0.1) is 0 Å². The zero-order chi connectivity index (χ0) is 18.9. The summed E-state index contributed by atoms with van der Waals surface area (Å²) in [5, 5.41) is 5.55. The summed E-state index contributed by atoms with van der Waals surface area (Å²) in [6.07, 6.45) is 3.08. The zero-order valence-electron chi connectivity index (χ0n) is 15.3. The van der Waals surface area contributed by atoms with Crippen molar-refractivity contribution in [2.24, 2.45) is 0 Å². The van der Waals surface area contributed by atoms with E-state index in [9.17, 15) is 9.59 Å². The second kappa shape index (κ2) is 10.1. The molecule has 0 heterocycles. The fourth-order valence-corrected chi connectivity index (χ4v) is 3.39. The van der Waals surface area contributed by atoms with Gasteiger partial charge in [-0.05, 0) is 67.5 Å². The largest absolute Gasteiger partial charge is 0.359 e. The minimum Gasteiger partial charge on any atom is -0.359 e. The van der Waals surface area contributed by atoms with Gasteiger partial charge in [-0.3, -0.25) is 9.59 Å². The summed E-state index contributed by atoms with van der Waals surface area (Å²) in [5.41, 5.74) is 5.36. The van der Waals surface area contributed by atoms with Gasteiger partial charge in [0.15, 0.2) is 0 Å². The summed E-state index contributed by atoms with van der Waals surface area (Å²) in [6, 6.07) is 12.3. The molecule has 0 saturated heterocycles. The molecule has 0 aromatic heterocycles. The van der Waals surface area contributed by atoms with E-state index in [0.29, 0.717) is 25.9 Å². The minimum absolute atomic E-state index is 0.0461. The van der Waals surface area contributed by atoms with E-state index in [4.69, 9.17) is 0 Å². The highest BCUT2D eigenvalue weighted by molar-refractivity contribution is 9.10. The maximum absolute atomic E-state index is 12.6. The second-order valence-electron chi connectivity index (χ2n) is 6.36. The molecule has 2 aromatic carbocycles. The number of benzene rings is 2. The SMILES string of the molecule is Cc1ccc(Br)cc1CCc1cccc(C)c1C(=O)NCCCNC=O. The molecule has 0 spiro atoms. The van der Waals surface area contributed by atoms with E-state index in [1.54, 1.807) is 0 Å². The third-order valence-corrected chi connectivity index (χ3v) is 4.92. The van der Waals surface area contributed by atoms with E-state index in [-0.39, 0.29) is 5.91 Å². The summed E-state index contributed by atoms with van der Waals surface area (Å²) in [6.45, 7) is 5.18. The minimum atomic E-state index is -0.0461. The van der Waals surface area contributed by atoms with Gasteiger partial charge in [-0.1, -0.05) is 40.2 Å². The summed E-state index contributed by atoms with van der Waals surface area (Å²) in [4.78, 5) is 22.9. The predicted octanol–water partition coefficient (Wildman–Crippen LogP) is 3.72. The Morgan fingerprint density at radius 2 is 1.81 bits per heavy atom. The van der Waals surface area contributed by atoms with Crippen LogP contribution in [0.3, 0.4) is 0 Å². The van der Waals surface area contributed by atoms with E-state index in [0.717, 1.165) is 34.0 Å². The van der Waals surface area contributed by atoms with Crippen molar-refractivity contribution in [3.8, 4) is 0 Å². The molecule has 0 atom stereocenters. The fourth-order valence-electron chi connectivity index (χ4n) is 2.98. The molecule has 0 aliphatic heterocycles. The van der Waals surface area contributed by atoms with Crippen molar-refractivity contribution in [3.05, 3.63) is 68.7 Å². The Balaban J connectivity index is 2.07. The van der Waals surface area contributed by atoms with Gasteiger partial charge in [-0.2, -0.15) is 0 Å². The fraction of sp³-hybridized carbons (Fsp3) is 0.333. The Bertz CT molecular complexity index is 775. The molecule has 2 amide bonds. The van der Waals surface area contributed by atoms with Gasteiger partial charge in [-0.15, -0.1) is 0 Å². The van der Waals surface area contributed by atoms with Gasteiger partial charge < -0.3 is 10.6 Å². The van der Waals surface area contributed by atoms with E-state index < -0.39 is 0 Å². The van der Waals surface area contributed by atoms with Gasteiger partial charge >= 0.3 is 0 Å². The van der Waals surface area contributed by atoms with Crippen LogP contribution in [-0.4, -0.2) is 25.4 Å². The van der Waals surface area contributed by atoms with Crippen LogP contribution in [0.2, 0.25) is 0 Å². The molecule has 2 aromatic rings. The number of hydrogen-bond acceptors (Lipinski definition) is 2. The smallest absolute Gasteiger partial charge is 0.251 e. The third-order valence-electron chi connectivity index (χ3n) is 4.43. The Kier molecular flexibility index (Phi) is 7.85. The molecule has 0 bridgehead atoms. The third kappa shape index (κ3) is 5.70. The molecule has 4 nitrogen and oxygen atoms in total. The van der Waals surface area contributed by atoms with Crippen molar-refractivity contribution in [1.29, 1.82) is 0 Å². The predicted molar refractivity (Wildman–Crippen MR) is 108 cm³/mol. The number of hydrogen-bond donors (Lipinski definition) is 2. The van der Waals surface area contributed by atoms with Crippen LogP contribution in [-0.2, 0) is 17.6 Å². The van der Waals surface area contributed by atoms with Crippen molar-refractivity contribution >= 4 is 28.2 Å². The molecule has 0 aliphatic carbocycles. The number of carbonyl (C=O) groups excluding carboxylic acids is 2. The van der Waals surface area contributed by atoms with Crippen molar-refractivity contribution < 1.29 is 9.59 Å². The van der Waals surface area contributed by atoms with Crippen LogP contribution in [0.4, 0.5) is 0 Å². The Labute approximate surface area is 163 Å². The van der Waals surface area contributed by atoms with Crippen molar-refractivity contribution in [1.82, 2.24) is 10.6 Å². The molecule has 0 fully saturated rings. The number of aryl methyl sites for hydroxylation is 4. The highest BCUT2D eigenvalue weighted by Gasteiger charge is 2.14. The van der Waals surface area contributed by atoms with Gasteiger partial charge in [0.2, 0.25) is 6.41 Å². The van der Waals surface area contributed by atoms with Crippen LogP contribution >= 0.6 is 15.9 Å². The second-order valence-corrected chi connectivity index (χ2v) is 7.28. The van der Waals surface area contributed by atoms with Gasteiger partial charge in [-0.25, -0.2) is 0 Å². The molecule has 0 unspecified atom stereocenters. The zero-order valence-corrected chi connectivity index (χ0v) is 16.9. The van der Waals surface area contributed by atoms with Crippen LogP contribution in [0.25, 0.3) is 0 Å². The Morgan fingerprint density at radius 3 is 2.58 bits per heavy atom. The topological polar surface area (TPSA) is 58.2 Å². The van der Waals surface area contributed by atoms with Gasteiger partial charge in [0, 0.05) is 23.1 Å². The molecule has 138 valence electrons. The summed E-state index contributed by atoms with van der Waals surface area (Å²) >= 11 is 3.53. The maximum atomic E-state index is 12.6. The number of nitrogens with one attached hydrogen (secondary N) is 2. The lowest BCUT2D eigenvalue weighted by atomic mass is 9.94. The average molecular weight is 417 g/mol. The first-order valence-electron chi connectivity index (χ1n) is 8.81. The number of amides is 2. The number of carbonyl (C=O) groups is 2. The van der Waals surface area contributed by atoms with Crippen LogP contribution in [0.1, 0.15) is 39.0 Å². The quantitative estimate of drug-likeness (QED) is 0.483. The molecule has 5 heteroatoms. The lowest BCUT2D eigenvalue weighted by Gasteiger charge is -2.14. The van der Waals surface area contributed by atoms with Crippen molar-refractivity contribution in [2.45, 2.75) is 33.1 Å². The molecular weight excluding hydrogens is 392 g/mol. The van der Waals surface area contributed by atoms with Crippen LogP contribution in [0, 0.1) is 13.8 Å². The highest BCUT2D eigenvalue weighted by atomic mass is 79.9. The lowest BCUT2D eigenvalue weighted by Crippen LogP contribution is -2.28. The first-order chi connectivity index (χ1) is 12.5. The molecule has 0 radical (unpaired) electrons. The number of rotatable bonds is 9. The molecule has 0 aliphatic rings. The normalized spacial score (nSPS) is 10.4. The maximum Gasteiger partial charge on any atom is 0.251 e. The van der Waals surface area contributed by atoms with Crippen LogP contribution < -0.4 is 10.6 Å². The molecule has 2 rings (SSSR count). The van der Waals surface area contributed by atoms with Crippen molar-refractivity contribution in [2.75, 3.05) is 13.1 Å². The summed E-state index contributed by atoms with van der Waals surface area (Å²) < 4.78 is 1.07. The first-order valence-corrected chi connectivity index (χ1v) is 9.61. The van der Waals surface area contributed by atoms with E-state index in [1.165, 1.54) is 11.1 Å². The Morgan fingerprint density at radius 1 is 1.04 bits per heavy atom. The molecule has 2 N–H and O–H groups in total.